The molecule has 1 fully saturated rings. The molecule has 16 heavy (non-hydrogen) atoms. The topological polar surface area (TPSA) is 36.4 Å². The third-order valence-corrected chi connectivity index (χ3v) is 3.27. The van der Waals surface area contributed by atoms with E-state index in [-0.39, 0.29) is 0 Å². The molecule has 88 valence electrons. The Bertz CT molecular complexity index is 346. The molecule has 1 saturated heterocycles. The number of halogens is 1. The van der Waals surface area contributed by atoms with E-state index >= 15 is 0 Å². The van der Waals surface area contributed by atoms with Gasteiger partial charge in [0, 0.05) is 25.9 Å². The molecular formula is C12H17ClN2O. The zero-order valence-electron chi connectivity index (χ0n) is 9.27. The van der Waals surface area contributed by atoms with Gasteiger partial charge in [-0.1, -0.05) is 11.6 Å². The lowest BCUT2D eigenvalue weighted by molar-refractivity contribution is 0.116. The van der Waals surface area contributed by atoms with Crippen LogP contribution in [0, 0.1) is 5.92 Å². The highest BCUT2D eigenvalue weighted by Crippen LogP contribution is 2.18. The minimum absolute atomic E-state index is 0.299. The Labute approximate surface area is 101 Å². The number of aromatic nitrogens is 1. The van der Waals surface area contributed by atoms with Crippen molar-refractivity contribution in [2.45, 2.75) is 19.4 Å². The first kappa shape index (κ1) is 11.8. The molecule has 1 aromatic heterocycles. The van der Waals surface area contributed by atoms with Crippen molar-refractivity contribution in [2.75, 3.05) is 19.7 Å². The van der Waals surface area contributed by atoms with Crippen LogP contribution in [0.15, 0.2) is 18.3 Å². The first-order valence-corrected chi connectivity index (χ1v) is 6.09. The zero-order chi connectivity index (χ0) is 11.4. The molecule has 2 heterocycles. The molecular weight excluding hydrogens is 224 g/mol. The SMILES string of the molecule is OCC1CCCN(Cc2ccnc(Cl)c2)C1. The van der Waals surface area contributed by atoms with E-state index in [2.05, 4.69) is 9.88 Å². The predicted molar refractivity (Wildman–Crippen MR) is 64.3 cm³/mol. The molecule has 2 rings (SSSR count). The van der Waals surface area contributed by atoms with Crippen molar-refractivity contribution in [3.05, 3.63) is 29.0 Å². The Morgan fingerprint density at radius 3 is 3.19 bits per heavy atom. The van der Waals surface area contributed by atoms with Crippen molar-refractivity contribution in [2.24, 2.45) is 5.92 Å². The highest BCUT2D eigenvalue weighted by atomic mass is 35.5. The maximum absolute atomic E-state index is 9.16. The van der Waals surface area contributed by atoms with Gasteiger partial charge in [0.05, 0.1) is 0 Å². The standard InChI is InChI=1S/C12H17ClN2O/c13-12-6-10(3-4-14-12)7-15-5-1-2-11(8-15)9-16/h3-4,6,11,16H,1-2,5,7-9H2. The van der Waals surface area contributed by atoms with Crippen LogP contribution in [0.2, 0.25) is 5.15 Å². The van der Waals surface area contributed by atoms with Gasteiger partial charge in [0.25, 0.3) is 0 Å². The molecule has 0 spiro atoms. The maximum atomic E-state index is 9.16. The van der Waals surface area contributed by atoms with Gasteiger partial charge in [-0.25, -0.2) is 4.98 Å². The summed E-state index contributed by atoms with van der Waals surface area (Å²) in [6, 6.07) is 3.90. The number of pyridine rings is 1. The third-order valence-electron chi connectivity index (χ3n) is 3.06. The molecule has 1 aliphatic heterocycles. The molecule has 1 atom stereocenters. The summed E-state index contributed by atoms with van der Waals surface area (Å²) in [6.45, 7) is 3.29. The molecule has 0 bridgehead atoms. The van der Waals surface area contributed by atoms with E-state index in [1.807, 2.05) is 12.1 Å². The number of nitrogens with zero attached hydrogens (tertiary/aromatic N) is 2. The summed E-state index contributed by atoms with van der Waals surface area (Å²) < 4.78 is 0. The molecule has 1 aliphatic rings. The first-order valence-electron chi connectivity index (χ1n) is 5.71. The first-order chi connectivity index (χ1) is 7.78. The predicted octanol–water partition coefficient (Wildman–Crippen LogP) is 1.94. The average molecular weight is 241 g/mol. The van der Waals surface area contributed by atoms with Crippen LogP contribution in [0.3, 0.4) is 0 Å². The third kappa shape index (κ3) is 3.17. The van der Waals surface area contributed by atoms with E-state index in [4.69, 9.17) is 16.7 Å². The highest BCUT2D eigenvalue weighted by molar-refractivity contribution is 6.29. The smallest absolute Gasteiger partial charge is 0.129 e. The van der Waals surface area contributed by atoms with Gasteiger partial charge >= 0.3 is 0 Å². The fraction of sp³-hybridized carbons (Fsp3) is 0.583. The summed E-state index contributed by atoms with van der Waals surface area (Å²) >= 11 is 5.85. The molecule has 0 radical (unpaired) electrons. The van der Waals surface area contributed by atoms with Crippen LogP contribution in [-0.4, -0.2) is 34.7 Å². The summed E-state index contributed by atoms with van der Waals surface area (Å²) in [5.74, 6) is 0.436. The summed E-state index contributed by atoms with van der Waals surface area (Å²) in [4.78, 5) is 6.34. The van der Waals surface area contributed by atoms with Crippen molar-refractivity contribution in [1.29, 1.82) is 0 Å². The fourth-order valence-corrected chi connectivity index (χ4v) is 2.44. The zero-order valence-corrected chi connectivity index (χ0v) is 10.0. The lowest BCUT2D eigenvalue weighted by atomic mass is 9.99. The summed E-state index contributed by atoms with van der Waals surface area (Å²) in [7, 11) is 0. The number of aliphatic hydroxyl groups is 1. The Kier molecular flexibility index (Phi) is 4.16. The van der Waals surface area contributed by atoms with Crippen molar-refractivity contribution in [3.8, 4) is 0 Å². The summed E-state index contributed by atoms with van der Waals surface area (Å²) in [5, 5.41) is 9.71. The van der Waals surface area contributed by atoms with Gasteiger partial charge in [0.15, 0.2) is 0 Å². The quantitative estimate of drug-likeness (QED) is 0.821. The van der Waals surface area contributed by atoms with Crippen LogP contribution in [0.1, 0.15) is 18.4 Å². The molecule has 0 aliphatic carbocycles. The number of likely N-dealkylation sites (tertiary alicyclic amines) is 1. The van der Waals surface area contributed by atoms with Crippen LogP contribution in [0.5, 0.6) is 0 Å². The van der Waals surface area contributed by atoms with E-state index in [1.165, 1.54) is 12.0 Å². The fourth-order valence-electron chi connectivity index (χ4n) is 2.24. The van der Waals surface area contributed by atoms with E-state index in [0.29, 0.717) is 17.7 Å². The van der Waals surface area contributed by atoms with Gasteiger partial charge in [0.2, 0.25) is 0 Å². The van der Waals surface area contributed by atoms with Crippen LogP contribution in [0.4, 0.5) is 0 Å². The number of aliphatic hydroxyl groups excluding tert-OH is 1. The lowest BCUT2D eigenvalue weighted by Crippen LogP contribution is -2.36. The molecule has 1 aromatic rings. The minimum Gasteiger partial charge on any atom is -0.396 e. The van der Waals surface area contributed by atoms with Crippen molar-refractivity contribution < 1.29 is 5.11 Å². The van der Waals surface area contributed by atoms with Gasteiger partial charge < -0.3 is 5.11 Å². The normalized spacial score (nSPS) is 22.2. The lowest BCUT2D eigenvalue weighted by Gasteiger charge is -2.31. The largest absolute Gasteiger partial charge is 0.396 e. The van der Waals surface area contributed by atoms with Gasteiger partial charge in [-0.3, -0.25) is 4.90 Å². The highest BCUT2D eigenvalue weighted by Gasteiger charge is 2.18. The number of piperidine rings is 1. The molecule has 4 heteroatoms. The van der Waals surface area contributed by atoms with Crippen LogP contribution in [-0.2, 0) is 6.54 Å². The Morgan fingerprint density at radius 2 is 2.44 bits per heavy atom. The molecule has 1 N–H and O–H groups in total. The second kappa shape index (κ2) is 5.62. The van der Waals surface area contributed by atoms with Gasteiger partial charge in [-0.15, -0.1) is 0 Å². The second-order valence-corrected chi connectivity index (χ2v) is 4.80. The van der Waals surface area contributed by atoms with Crippen LogP contribution < -0.4 is 0 Å². The number of hydrogen-bond donors (Lipinski definition) is 1. The van der Waals surface area contributed by atoms with E-state index in [1.54, 1.807) is 6.20 Å². The number of hydrogen-bond acceptors (Lipinski definition) is 3. The molecule has 1 unspecified atom stereocenters. The summed E-state index contributed by atoms with van der Waals surface area (Å²) in [5.41, 5.74) is 1.19. The minimum atomic E-state index is 0.299. The Balaban J connectivity index is 1.94. The monoisotopic (exact) mass is 240 g/mol. The van der Waals surface area contributed by atoms with Gasteiger partial charge in [-0.05, 0) is 43.0 Å². The molecule has 0 saturated carbocycles. The van der Waals surface area contributed by atoms with E-state index in [9.17, 15) is 0 Å². The molecule has 0 amide bonds. The van der Waals surface area contributed by atoms with Crippen molar-refractivity contribution in [1.82, 2.24) is 9.88 Å². The molecule has 0 aromatic carbocycles. The average Bonchev–Trinajstić information content (AvgIpc) is 2.29. The maximum Gasteiger partial charge on any atom is 0.129 e. The summed E-state index contributed by atoms with van der Waals surface area (Å²) in [6.07, 6.45) is 4.05. The van der Waals surface area contributed by atoms with E-state index < -0.39 is 0 Å². The van der Waals surface area contributed by atoms with Crippen LogP contribution in [0.25, 0.3) is 0 Å². The molecule has 3 nitrogen and oxygen atoms in total. The van der Waals surface area contributed by atoms with Crippen LogP contribution >= 0.6 is 11.6 Å². The van der Waals surface area contributed by atoms with Gasteiger partial charge in [0.1, 0.15) is 5.15 Å². The van der Waals surface area contributed by atoms with Crippen molar-refractivity contribution >= 4 is 11.6 Å². The van der Waals surface area contributed by atoms with Gasteiger partial charge in [-0.2, -0.15) is 0 Å². The van der Waals surface area contributed by atoms with Crippen molar-refractivity contribution in [3.63, 3.8) is 0 Å². The Hall–Kier alpha value is -0.640. The second-order valence-electron chi connectivity index (χ2n) is 4.41. The number of rotatable bonds is 3. The Morgan fingerprint density at radius 1 is 1.56 bits per heavy atom. The van der Waals surface area contributed by atoms with E-state index in [0.717, 1.165) is 26.1 Å².